The molecule has 1 fully saturated rings. The van der Waals surface area contributed by atoms with Crippen LogP contribution in [0, 0.1) is 5.92 Å². The number of anilines is 1. The van der Waals surface area contributed by atoms with Gasteiger partial charge in [-0.3, -0.25) is 9.69 Å². The Morgan fingerprint density at radius 1 is 0.971 bits per heavy atom. The molecule has 0 radical (unpaired) electrons. The summed E-state index contributed by atoms with van der Waals surface area (Å²) in [6.07, 6.45) is 0.676. The van der Waals surface area contributed by atoms with Crippen molar-refractivity contribution < 1.29 is 23.9 Å². The Morgan fingerprint density at radius 3 is 2.17 bits per heavy atom. The molecule has 1 saturated heterocycles. The van der Waals surface area contributed by atoms with Gasteiger partial charge in [-0.15, -0.1) is 0 Å². The summed E-state index contributed by atoms with van der Waals surface area (Å²) in [5.74, 6) is -0.00655. The van der Waals surface area contributed by atoms with Crippen LogP contribution in [0.2, 0.25) is 0 Å². The Balaban J connectivity index is 1.49. The van der Waals surface area contributed by atoms with Crippen molar-refractivity contribution in [1.82, 2.24) is 10.2 Å². The molecule has 1 N–H and O–H groups in total. The van der Waals surface area contributed by atoms with Crippen molar-refractivity contribution in [3.63, 3.8) is 0 Å². The van der Waals surface area contributed by atoms with Crippen LogP contribution in [0.3, 0.4) is 0 Å². The number of amides is 3. The minimum Gasteiger partial charge on any atom is -0.444 e. The largest absolute Gasteiger partial charge is 0.444 e. The van der Waals surface area contributed by atoms with Crippen molar-refractivity contribution >= 4 is 23.8 Å². The molecule has 1 heterocycles. The number of benzene rings is 2. The van der Waals surface area contributed by atoms with E-state index in [1.165, 1.54) is 4.90 Å². The Hall–Kier alpha value is -3.55. The molecule has 0 atom stereocenters. The predicted molar refractivity (Wildman–Crippen MR) is 134 cm³/mol. The third kappa shape index (κ3) is 8.63. The van der Waals surface area contributed by atoms with Gasteiger partial charge in [0.1, 0.15) is 18.8 Å². The van der Waals surface area contributed by atoms with E-state index in [0.29, 0.717) is 25.3 Å². The van der Waals surface area contributed by atoms with Crippen molar-refractivity contribution in [2.45, 2.75) is 45.8 Å². The number of nitrogens with zero attached hydrogens (tertiary/aromatic N) is 2. The molecule has 1 aliphatic heterocycles. The standard InChI is InChI=1S/C27H35N3O5/c1-27(2,3)35-25(32)29-16-14-21(15-17-29)18-28-24(31)19-30(23-12-8-5-9-13-23)26(33)34-20-22-10-6-4-7-11-22/h4-13,21H,14-20H2,1-3H3,(H,28,31). The van der Waals surface area contributed by atoms with Gasteiger partial charge in [-0.05, 0) is 57.2 Å². The van der Waals surface area contributed by atoms with E-state index >= 15 is 0 Å². The maximum atomic E-state index is 12.8. The van der Waals surface area contributed by atoms with Gasteiger partial charge in [0.15, 0.2) is 0 Å². The summed E-state index contributed by atoms with van der Waals surface area (Å²) in [7, 11) is 0. The first-order valence-electron chi connectivity index (χ1n) is 12.0. The summed E-state index contributed by atoms with van der Waals surface area (Å²) < 4.78 is 10.9. The highest BCUT2D eigenvalue weighted by atomic mass is 16.6. The molecule has 8 nitrogen and oxygen atoms in total. The zero-order valence-electron chi connectivity index (χ0n) is 20.7. The second-order valence-electron chi connectivity index (χ2n) is 9.68. The van der Waals surface area contributed by atoms with Gasteiger partial charge in [0, 0.05) is 25.3 Å². The normalized spacial score (nSPS) is 14.2. The van der Waals surface area contributed by atoms with E-state index in [1.807, 2.05) is 69.3 Å². The van der Waals surface area contributed by atoms with Gasteiger partial charge >= 0.3 is 12.2 Å². The lowest BCUT2D eigenvalue weighted by atomic mass is 9.97. The summed E-state index contributed by atoms with van der Waals surface area (Å²) in [4.78, 5) is 40.8. The molecule has 0 unspecified atom stereocenters. The molecule has 188 valence electrons. The van der Waals surface area contributed by atoms with E-state index in [9.17, 15) is 14.4 Å². The number of carbonyl (C=O) groups is 3. The molecule has 3 amide bonds. The minimum atomic E-state index is -0.583. The van der Waals surface area contributed by atoms with Crippen molar-refractivity contribution in [1.29, 1.82) is 0 Å². The molecule has 2 aromatic rings. The highest BCUT2D eigenvalue weighted by molar-refractivity contribution is 5.94. The monoisotopic (exact) mass is 481 g/mol. The second-order valence-corrected chi connectivity index (χ2v) is 9.68. The lowest BCUT2D eigenvalue weighted by Gasteiger charge is -2.33. The van der Waals surface area contributed by atoms with Crippen LogP contribution in [-0.2, 0) is 20.9 Å². The second kappa shape index (κ2) is 12.2. The van der Waals surface area contributed by atoms with Crippen LogP contribution in [-0.4, -0.2) is 54.8 Å². The van der Waals surface area contributed by atoms with Crippen LogP contribution in [0.15, 0.2) is 60.7 Å². The van der Waals surface area contributed by atoms with Crippen LogP contribution >= 0.6 is 0 Å². The zero-order chi connectivity index (χ0) is 25.3. The summed E-state index contributed by atoms with van der Waals surface area (Å²) in [6.45, 7) is 7.21. The summed E-state index contributed by atoms with van der Waals surface area (Å²) in [5, 5.41) is 2.94. The SMILES string of the molecule is CC(C)(C)OC(=O)N1CCC(CNC(=O)CN(C(=O)OCc2ccccc2)c2ccccc2)CC1. The van der Waals surface area contributed by atoms with E-state index in [0.717, 1.165) is 18.4 Å². The lowest BCUT2D eigenvalue weighted by molar-refractivity contribution is -0.120. The predicted octanol–water partition coefficient (Wildman–Crippen LogP) is 4.59. The molecule has 0 spiro atoms. The van der Waals surface area contributed by atoms with Crippen LogP contribution in [0.4, 0.5) is 15.3 Å². The van der Waals surface area contributed by atoms with Gasteiger partial charge in [-0.2, -0.15) is 0 Å². The molecule has 0 saturated carbocycles. The Labute approximate surface area is 207 Å². The Bertz CT molecular complexity index is 967. The van der Waals surface area contributed by atoms with Crippen LogP contribution in [0.25, 0.3) is 0 Å². The smallest absolute Gasteiger partial charge is 0.415 e. The number of ether oxygens (including phenoxy) is 2. The molecule has 8 heteroatoms. The molecule has 35 heavy (non-hydrogen) atoms. The number of para-hydroxylation sites is 1. The van der Waals surface area contributed by atoms with Crippen molar-refractivity contribution in [3.8, 4) is 0 Å². The van der Waals surface area contributed by atoms with Crippen LogP contribution < -0.4 is 10.2 Å². The summed E-state index contributed by atoms with van der Waals surface area (Å²) in [5.41, 5.74) is 0.942. The van der Waals surface area contributed by atoms with Gasteiger partial charge in [0.25, 0.3) is 0 Å². The third-order valence-corrected chi connectivity index (χ3v) is 5.65. The molecule has 0 aliphatic carbocycles. The minimum absolute atomic E-state index is 0.126. The highest BCUT2D eigenvalue weighted by Crippen LogP contribution is 2.20. The van der Waals surface area contributed by atoms with E-state index in [-0.39, 0.29) is 31.1 Å². The van der Waals surface area contributed by atoms with E-state index < -0.39 is 11.7 Å². The van der Waals surface area contributed by atoms with Crippen LogP contribution in [0.5, 0.6) is 0 Å². The third-order valence-electron chi connectivity index (χ3n) is 5.65. The average molecular weight is 482 g/mol. The van der Waals surface area contributed by atoms with E-state index in [1.54, 1.807) is 17.0 Å². The summed E-state index contributed by atoms with van der Waals surface area (Å²) >= 11 is 0. The van der Waals surface area contributed by atoms with Gasteiger partial charge in [-0.1, -0.05) is 48.5 Å². The maximum absolute atomic E-state index is 12.8. The number of hydrogen-bond donors (Lipinski definition) is 1. The molecule has 1 aliphatic rings. The number of piperidine rings is 1. The quantitative estimate of drug-likeness (QED) is 0.625. The van der Waals surface area contributed by atoms with Crippen molar-refractivity contribution in [3.05, 3.63) is 66.2 Å². The molecule has 3 rings (SSSR count). The van der Waals surface area contributed by atoms with Gasteiger partial charge < -0.3 is 19.7 Å². The maximum Gasteiger partial charge on any atom is 0.415 e. The fourth-order valence-corrected chi connectivity index (χ4v) is 3.77. The average Bonchev–Trinajstić information content (AvgIpc) is 2.85. The fraction of sp³-hybridized carbons (Fsp3) is 0.444. The molecular weight excluding hydrogens is 446 g/mol. The van der Waals surface area contributed by atoms with Gasteiger partial charge in [0.2, 0.25) is 5.91 Å². The topological polar surface area (TPSA) is 88.2 Å². The first kappa shape index (κ1) is 26.1. The zero-order valence-corrected chi connectivity index (χ0v) is 20.7. The summed E-state index contributed by atoms with van der Waals surface area (Å²) in [6, 6.07) is 18.4. The van der Waals surface area contributed by atoms with Gasteiger partial charge in [0.05, 0.1) is 0 Å². The number of rotatable bonds is 7. The highest BCUT2D eigenvalue weighted by Gasteiger charge is 2.27. The Morgan fingerprint density at radius 2 is 1.57 bits per heavy atom. The first-order valence-corrected chi connectivity index (χ1v) is 12.0. The van der Waals surface area contributed by atoms with Crippen LogP contribution in [0.1, 0.15) is 39.2 Å². The fourth-order valence-electron chi connectivity index (χ4n) is 3.77. The van der Waals surface area contributed by atoms with E-state index in [4.69, 9.17) is 9.47 Å². The lowest BCUT2D eigenvalue weighted by Crippen LogP contribution is -2.45. The number of hydrogen-bond acceptors (Lipinski definition) is 5. The Kier molecular flexibility index (Phi) is 9.11. The first-order chi connectivity index (χ1) is 16.7. The molecule has 2 aromatic carbocycles. The molecule has 0 bridgehead atoms. The number of nitrogens with one attached hydrogen (secondary N) is 1. The van der Waals surface area contributed by atoms with Gasteiger partial charge in [-0.25, -0.2) is 9.59 Å². The number of likely N-dealkylation sites (tertiary alicyclic amines) is 1. The molecule has 0 aromatic heterocycles. The number of carbonyl (C=O) groups excluding carboxylic acids is 3. The molecular formula is C27H35N3O5. The van der Waals surface area contributed by atoms with Crippen molar-refractivity contribution in [2.24, 2.45) is 5.92 Å². The van der Waals surface area contributed by atoms with Crippen molar-refractivity contribution in [2.75, 3.05) is 31.1 Å². The van der Waals surface area contributed by atoms with E-state index in [2.05, 4.69) is 5.32 Å².